The zero-order valence-corrected chi connectivity index (χ0v) is 14.5. The van der Waals surface area contributed by atoms with Gasteiger partial charge in [0.1, 0.15) is 0 Å². The highest BCUT2D eigenvalue weighted by Crippen LogP contribution is 2.35. The summed E-state index contributed by atoms with van der Waals surface area (Å²) in [4.78, 5) is 0. The van der Waals surface area contributed by atoms with Crippen molar-refractivity contribution in [3.05, 3.63) is 33.8 Å². The molecule has 0 saturated heterocycles. The van der Waals surface area contributed by atoms with Crippen LogP contribution in [0.5, 0.6) is 0 Å². The van der Waals surface area contributed by atoms with Crippen molar-refractivity contribution in [1.82, 2.24) is 0 Å². The van der Waals surface area contributed by atoms with Crippen LogP contribution in [-0.4, -0.2) is 6.04 Å². The number of nitrogens with two attached hydrogens (primary N) is 1. The quantitative estimate of drug-likeness (QED) is 0.695. The van der Waals surface area contributed by atoms with E-state index in [1.165, 1.54) is 44.9 Å². The minimum Gasteiger partial charge on any atom is -0.327 e. The molecule has 1 fully saturated rings. The van der Waals surface area contributed by atoms with Crippen molar-refractivity contribution in [1.29, 1.82) is 0 Å². The SMILES string of the molecule is CCCCC1CCC(C(N)Cc2c(Cl)cccc2Cl)CC1. The lowest BCUT2D eigenvalue weighted by Gasteiger charge is -2.32. The molecule has 21 heavy (non-hydrogen) atoms. The van der Waals surface area contributed by atoms with E-state index in [2.05, 4.69) is 6.92 Å². The smallest absolute Gasteiger partial charge is 0.0453 e. The molecule has 0 bridgehead atoms. The highest BCUT2D eigenvalue weighted by molar-refractivity contribution is 6.36. The van der Waals surface area contributed by atoms with Gasteiger partial charge in [0.15, 0.2) is 0 Å². The molecule has 0 aliphatic heterocycles. The van der Waals surface area contributed by atoms with Gasteiger partial charge in [0, 0.05) is 16.1 Å². The van der Waals surface area contributed by atoms with Gasteiger partial charge in [-0.05, 0) is 48.8 Å². The van der Waals surface area contributed by atoms with Gasteiger partial charge in [0.05, 0.1) is 0 Å². The fourth-order valence-electron chi connectivity index (χ4n) is 3.53. The molecule has 1 aromatic carbocycles. The van der Waals surface area contributed by atoms with Gasteiger partial charge in [0.2, 0.25) is 0 Å². The van der Waals surface area contributed by atoms with Gasteiger partial charge in [-0.25, -0.2) is 0 Å². The van der Waals surface area contributed by atoms with E-state index in [-0.39, 0.29) is 6.04 Å². The van der Waals surface area contributed by atoms with Gasteiger partial charge in [-0.1, -0.05) is 68.3 Å². The van der Waals surface area contributed by atoms with Gasteiger partial charge in [0.25, 0.3) is 0 Å². The van der Waals surface area contributed by atoms with Crippen molar-refractivity contribution < 1.29 is 0 Å². The minimum atomic E-state index is 0.175. The Morgan fingerprint density at radius 2 is 1.76 bits per heavy atom. The number of benzene rings is 1. The Labute approximate surface area is 139 Å². The molecular formula is C18H27Cl2N. The van der Waals surface area contributed by atoms with Crippen LogP contribution in [0, 0.1) is 11.8 Å². The molecule has 1 aliphatic carbocycles. The largest absolute Gasteiger partial charge is 0.327 e. The Morgan fingerprint density at radius 3 is 2.33 bits per heavy atom. The fourth-order valence-corrected chi connectivity index (χ4v) is 4.08. The molecule has 1 saturated carbocycles. The standard InChI is InChI=1S/C18H27Cl2N/c1-2-3-5-13-8-10-14(11-9-13)18(21)12-15-16(19)6-4-7-17(15)20/h4,6-7,13-14,18H,2-3,5,8-12,21H2,1H3. The summed E-state index contributed by atoms with van der Waals surface area (Å²) >= 11 is 12.5. The maximum Gasteiger partial charge on any atom is 0.0453 e. The molecule has 1 nitrogen and oxygen atoms in total. The number of halogens is 2. The molecule has 1 unspecified atom stereocenters. The highest BCUT2D eigenvalue weighted by Gasteiger charge is 2.26. The molecule has 0 radical (unpaired) electrons. The molecule has 0 heterocycles. The van der Waals surface area contributed by atoms with E-state index >= 15 is 0 Å². The van der Waals surface area contributed by atoms with Crippen molar-refractivity contribution in [3.63, 3.8) is 0 Å². The molecule has 118 valence electrons. The summed E-state index contributed by atoms with van der Waals surface area (Å²) in [5.74, 6) is 1.55. The van der Waals surface area contributed by atoms with Crippen LogP contribution in [0.2, 0.25) is 10.0 Å². The first-order chi connectivity index (χ1) is 10.1. The van der Waals surface area contributed by atoms with Crippen LogP contribution in [0.25, 0.3) is 0 Å². The second-order valence-corrected chi connectivity index (χ2v) is 7.31. The summed E-state index contributed by atoms with van der Waals surface area (Å²) < 4.78 is 0. The van der Waals surface area contributed by atoms with Gasteiger partial charge in [-0.15, -0.1) is 0 Å². The Bertz CT molecular complexity index is 419. The summed E-state index contributed by atoms with van der Waals surface area (Å²) in [6, 6.07) is 5.86. The lowest BCUT2D eigenvalue weighted by Crippen LogP contribution is -2.35. The Hall–Kier alpha value is -0.240. The zero-order chi connectivity index (χ0) is 15.2. The number of hydrogen-bond donors (Lipinski definition) is 1. The maximum absolute atomic E-state index is 6.45. The first-order valence-corrected chi connectivity index (χ1v) is 9.05. The first kappa shape index (κ1) is 17.1. The predicted octanol–water partition coefficient (Wildman–Crippen LogP) is 5.86. The van der Waals surface area contributed by atoms with Gasteiger partial charge in [-0.2, -0.15) is 0 Å². The van der Waals surface area contributed by atoms with Crippen LogP contribution in [0.15, 0.2) is 18.2 Å². The summed E-state index contributed by atoms with van der Waals surface area (Å²) in [7, 11) is 0. The third-order valence-electron chi connectivity index (χ3n) is 4.96. The third kappa shape index (κ3) is 4.87. The highest BCUT2D eigenvalue weighted by atomic mass is 35.5. The minimum absolute atomic E-state index is 0.175. The summed E-state index contributed by atoms with van der Waals surface area (Å²) in [6.07, 6.45) is 10.1. The second kappa shape index (κ2) is 8.41. The molecule has 1 aromatic rings. The summed E-state index contributed by atoms with van der Waals surface area (Å²) in [6.45, 7) is 2.27. The zero-order valence-electron chi connectivity index (χ0n) is 13.0. The number of unbranched alkanes of at least 4 members (excludes halogenated alkanes) is 1. The molecule has 1 atom stereocenters. The Morgan fingerprint density at radius 1 is 1.14 bits per heavy atom. The summed E-state index contributed by atoms with van der Waals surface area (Å²) in [5.41, 5.74) is 7.46. The number of rotatable bonds is 6. The Balaban J connectivity index is 1.86. The average molecular weight is 328 g/mol. The van der Waals surface area contributed by atoms with Crippen molar-refractivity contribution in [2.75, 3.05) is 0 Å². The molecular weight excluding hydrogens is 301 g/mol. The second-order valence-electron chi connectivity index (χ2n) is 6.49. The Kier molecular flexibility index (Phi) is 6.85. The van der Waals surface area contributed by atoms with Crippen LogP contribution in [-0.2, 0) is 6.42 Å². The summed E-state index contributed by atoms with van der Waals surface area (Å²) in [5, 5.41) is 1.49. The molecule has 1 aliphatic rings. The van der Waals surface area contributed by atoms with E-state index in [0.717, 1.165) is 27.9 Å². The topological polar surface area (TPSA) is 26.0 Å². The predicted molar refractivity (Wildman–Crippen MR) is 93.1 cm³/mol. The molecule has 0 amide bonds. The lowest BCUT2D eigenvalue weighted by molar-refractivity contribution is 0.231. The molecule has 2 N–H and O–H groups in total. The normalized spacial score (nSPS) is 24.0. The van der Waals surface area contributed by atoms with Crippen LogP contribution in [0.3, 0.4) is 0 Å². The van der Waals surface area contributed by atoms with Crippen molar-refractivity contribution in [2.45, 2.75) is 64.3 Å². The fraction of sp³-hybridized carbons (Fsp3) is 0.667. The van der Waals surface area contributed by atoms with Gasteiger partial charge < -0.3 is 5.73 Å². The van der Waals surface area contributed by atoms with Crippen LogP contribution >= 0.6 is 23.2 Å². The van der Waals surface area contributed by atoms with Gasteiger partial charge >= 0.3 is 0 Å². The van der Waals surface area contributed by atoms with Crippen molar-refractivity contribution >= 4 is 23.2 Å². The van der Waals surface area contributed by atoms with E-state index in [0.29, 0.717) is 5.92 Å². The van der Waals surface area contributed by atoms with Crippen LogP contribution in [0.1, 0.15) is 57.4 Å². The molecule has 2 rings (SSSR count). The van der Waals surface area contributed by atoms with Crippen molar-refractivity contribution in [3.8, 4) is 0 Å². The maximum atomic E-state index is 6.45. The molecule has 3 heteroatoms. The van der Waals surface area contributed by atoms with E-state index in [9.17, 15) is 0 Å². The van der Waals surface area contributed by atoms with Gasteiger partial charge in [-0.3, -0.25) is 0 Å². The first-order valence-electron chi connectivity index (χ1n) is 8.30. The lowest BCUT2D eigenvalue weighted by atomic mass is 9.76. The van der Waals surface area contributed by atoms with E-state index < -0.39 is 0 Å². The third-order valence-corrected chi connectivity index (χ3v) is 5.67. The van der Waals surface area contributed by atoms with Crippen LogP contribution in [0.4, 0.5) is 0 Å². The number of hydrogen-bond acceptors (Lipinski definition) is 1. The van der Waals surface area contributed by atoms with Crippen LogP contribution < -0.4 is 5.73 Å². The van der Waals surface area contributed by atoms with E-state index in [4.69, 9.17) is 28.9 Å². The van der Waals surface area contributed by atoms with E-state index in [1.807, 2.05) is 18.2 Å². The average Bonchev–Trinajstić information content (AvgIpc) is 2.49. The van der Waals surface area contributed by atoms with E-state index in [1.54, 1.807) is 0 Å². The monoisotopic (exact) mass is 327 g/mol. The van der Waals surface area contributed by atoms with Crippen molar-refractivity contribution in [2.24, 2.45) is 17.6 Å². The molecule has 0 aromatic heterocycles. The molecule has 0 spiro atoms.